The van der Waals surface area contributed by atoms with Crippen LogP contribution in [-0.2, 0) is 22.4 Å². The van der Waals surface area contributed by atoms with Gasteiger partial charge in [0.2, 0.25) is 11.8 Å². The van der Waals surface area contributed by atoms with Crippen molar-refractivity contribution in [2.24, 2.45) is 0 Å². The first-order chi connectivity index (χ1) is 20.0. The number of para-hydroxylation sites is 2. The zero-order chi connectivity index (χ0) is 28.9. The zero-order valence-electron chi connectivity index (χ0n) is 23.0. The van der Waals surface area contributed by atoms with Gasteiger partial charge in [-0.25, -0.2) is 0 Å². The first-order valence-corrected chi connectivity index (χ1v) is 13.9. The highest BCUT2D eigenvalue weighted by Gasteiger charge is 2.28. The molecule has 210 valence electrons. The van der Waals surface area contributed by atoms with E-state index in [1.54, 1.807) is 48.5 Å². The second-order valence-corrected chi connectivity index (χ2v) is 9.86. The van der Waals surface area contributed by atoms with Crippen molar-refractivity contribution in [3.05, 3.63) is 131 Å². The van der Waals surface area contributed by atoms with Crippen LogP contribution in [-0.4, -0.2) is 30.8 Å². The molecule has 0 heterocycles. The number of aryl methyl sites for hydroxylation is 2. The van der Waals surface area contributed by atoms with Gasteiger partial charge in [-0.1, -0.05) is 84.9 Å². The fraction of sp³-hybridized carbons (Fsp3) is 0.206. The molecule has 0 aromatic heterocycles. The summed E-state index contributed by atoms with van der Waals surface area (Å²) in [5, 5.41) is 8.66. The lowest BCUT2D eigenvalue weighted by molar-refractivity contribution is -0.131. The molecule has 7 nitrogen and oxygen atoms in total. The van der Waals surface area contributed by atoms with E-state index in [1.807, 2.05) is 36.4 Å². The Balaban J connectivity index is 1.40. The number of hydrogen-bond donors (Lipinski definition) is 4. The van der Waals surface area contributed by atoms with E-state index in [0.717, 1.165) is 25.7 Å². The molecule has 3 amide bonds. The molecule has 0 atom stereocenters. The summed E-state index contributed by atoms with van der Waals surface area (Å²) in [7, 11) is 0. The van der Waals surface area contributed by atoms with Crippen LogP contribution in [0, 0.1) is 0 Å². The van der Waals surface area contributed by atoms with Crippen molar-refractivity contribution in [2.75, 3.05) is 24.1 Å². The highest BCUT2D eigenvalue weighted by Crippen LogP contribution is 2.21. The van der Waals surface area contributed by atoms with E-state index >= 15 is 0 Å². The van der Waals surface area contributed by atoms with Crippen molar-refractivity contribution < 1.29 is 14.4 Å². The second kappa shape index (κ2) is 15.0. The number of nitrogens with two attached hydrogens (primary N) is 1. The van der Waals surface area contributed by atoms with E-state index in [0.29, 0.717) is 35.6 Å². The smallest absolute Gasteiger partial charge is 0.255 e. The quantitative estimate of drug-likeness (QED) is 0.106. The lowest BCUT2D eigenvalue weighted by Crippen LogP contribution is -2.40. The van der Waals surface area contributed by atoms with E-state index in [2.05, 4.69) is 40.2 Å². The Kier molecular flexibility index (Phi) is 10.7. The van der Waals surface area contributed by atoms with Gasteiger partial charge < -0.3 is 21.7 Å². The van der Waals surface area contributed by atoms with E-state index in [1.165, 1.54) is 11.1 Å². The van der Waals surface area contributed by atoms with Crippen LogP contribution in [0.2, 0.25) is 0 Å². The maximum absolute atomic E-state index is 13.3. The van der Waals surface area contributed by atoms with E-state index < -0.39 is 5.92 Å². The SMILES string of the molecule is Nc1ccccc1NC(=O)c1ccc(C(C(=O)NCCCc2ccccc2)C(=O)NCCCc2ccccc2)cc1. The van der Waals surface area contributed by atoms with Crippen LogP contribution in [0.25, 0.3) is 0 Å². The molecule has 0 saturated heterocycles. The maximum atomic E-state index is 13.3. The highest BCUT2D eigenvalue weighted by atomic mass is 16.2. The maximum Gasteiger partial charge on any atom is 0.255 e. The standard InChI is InChI=1S/C34H36N4O3/c35-29-17-7-8-18-30(29)38-32(39)28-21-19-27(20-22-28)31(33(40)36-23-9-15-25-11-3-1-4-12-25)34(41)37-24-10-16-26-13-5-2-6-14-26/h1-8,11-14,17-22,31H,9-10,15-16,23-24,35H2,(H,36,40)(H,37,41)(H,38,39). The molecular formula is C34H36N4O3. The molecule has 0 saturated carbocycles. The Morgan fingerprint density at radius 2 is 1.10 bits per heavy atom. The molecule has 0 aliphatic carbocycles. The summed E-state index contributed by atoms with van der Waals surface area (Å²) < 4.78 is 0. The van der Waals surface area contributed by atoms with E-state index in [4.69, 9.17) is 5.73 Å². The fourth-order valence-electron chi connectivity index (χ4n) is 4.56. The average Bonchev–Trinajstić information content (AvgIpc) is 3.00. The lowest BCUT2D eigenvalue weighted by atomic mass is 9.95. The largest absolute Gasteiger partial charge is 0.397 e. The van der Waals surface area contributed by atoms with Crippen LogP contribution in [0.3, 0.4) is 0 Å². The van der Waals surface area contributed by atoms with Gasteiger partial charge in [0.15, 0.2) is 0 Å². The Morgan fingerprint density at radius 3 is 1.61 bits per heavy atom. The molecule has 0 aliphatic rings. The minimum absolute atomic E-state index is 0.332. The Bertz CT molecular complexity index is 1360. The minimum Gasteiger partial charge on any atom is -0.397 e. The van der Waals surface area contributed by atoms with Crippen molar-refractivity contribution in [3.8, 4) is 0 Å². The summed E-state index contributed by atoms with van der Waals surface area (Å²) >= 11 is 0. The summed E-state index contributed by atoms with van der Waals surface area (Å²) in [6.07, 6.45) is 3.16. The first kappa shape index (κ1) is 29.1. The van der Waals surface area contributed by atoms with Gasteiger partial charge in [-0.2, -0.15) is 0 Å². The highest BCUT2D eigenvalue weighted by molar-refractivity contribution is 6.07. The van der Waals surface area contributed by atoms with E-state index in [-0.39, 0.29) is 17.7 Å². The van der Waals surface area contributed by atoms with Crippen LogP contribution < -0.4 is 21.7 Å². The second-order valence-electron chi connectivity index (χ2n) is 9.86. The number of carbonyl (C=O) groups is 3. The van der Waals surface area contributed by atoms with Crippen LogP contribution in [0.5, 0.6) is 0 Å². The molecule has 4 aromatic rings. The molecule has 41 heavy (non-hydrogen) atoms. The van der Waals surface area contributed by atoms with Crippen molar-refractivity contribution in [2.45, 2.75) is 31.6 Å². The van der Waals surface area contributed by atoms with Gasteiger partial charge in [0.05, 0.1) is 11.4 Å². The molecule has 0 spiro atoms. The predicted octanol–water partition coefficient (Wildman–Crippen LogP) is 5.10. The number of hydrogen-bond acceptors (Lipinski definition) is 4. The number of amides is 3. The molecule has 0 aliphatic heterocycles. The molecule has 0 unspecified atom stereocenters. The summed E-state index contributed by atoms with van der Waals surface area (Å²) in [5.41, 5.74) is 10.2. The molecule has 4 rings (SSSR count). The molecule has 4 aromatic carbocycles. The van der Waals surface area contributed by atoms with Gasteiger partial charge in [0.25, 0.3) is 5.91 Å². The van der Waals surface area contributed by atoms with Crippen molar-refractivity contribution in [3.63, 3.8) is 0 Å². The van der Waals surface area contributed by atoms with Gasteiger partial charge >= 0.3 is 0 Å². The zero-order valence-corrected chi connectivity index (χ0v) is 23.0. The third-order valence-electron chi connectivity index (χ3n) is 6.81. The molecule has 0 fully saturated rings. The van der Waals surface area contributed by atoms with Crippen LogP contribution in [0.15, 0.2) is 109 Å². The summed E-state index contributed by atoms with van der Waals surface area (Å²) in [6, 6.07) is 33.7. The minimum atomic E-state index is -1.04. The van der Waals surface area contributed by atoms with E-state index in [9.17, 15) is 14.4 Å². The van der Waals surface area contributed by atoms with Gasteiger partial charge in [-0.05, 0) is 66.6 Å². The predicted molar refractivity (Wildman–Crippen MR) is 164 cm³/mol. The third kappa shape index (κ3) is 8.80. The monoisotopic (exact) mass is 548 g/mol. The number of nitrogens with one attached hydrogen (secondary N) is 3. The molecular weight excluding hydrogens is 512 g/mol. The molecule has 0 bridgehead atoms. The van der Waals surface area contributed by atoms with Gasteiger partial charge in [-0.3, -0.25) is 14.4 Å². The van der Waals surface area contributed by atoms with Crippen molar-refractivity contribution in [1.29, 1.82) is 0 Å². The van der Waals surface area contributed by atoms with Crippen molar-refractivity contribution >= 4 is 29.1 Å². The first-order valence-electron chi connectivity index (χ1n) is 13.9. The van der Waals surface area contributed by atoms with Crippen LogP contribution in [0.4, 0.5) is 11.4 Å². The summed E-state index contributed by atoms with van der Waals surface area (Å²) in [4.78, 5) is 39.3. The number of rotatable bonds is 13. The van der Waals surface area contributed by atoms with Gasteiger partial charge in [-0.15, -0.1) is 0 Å². The average molecular weight is 549 g/mol. The Labute approximate surface area is 241 Å². The molecule has 0 radical (unpaired) electrons. The normalized spacial score (nSPS) is 10.7. The number of carbonyl (C=O) groups excluding carboxylic acids is 3. The van der Waals surface area contributed by atoms with Gasteiger partial charge in [0, 0.05) is 18.7 Å². The number of anilines is 2. The number of benzene rings is 4. The summed E-state index contributed by atoms with van der Waals surface area (Å²) in [5.74, 6) is -2.10. The van der Waals surface area contributed by atoms with Crippen molar-refractivity contribution in [1.82, 2.24) is 10.6 Å². The summed E-state index contributed by atoms with van der Waals surface area (Å²) in [6.45, 7) is 0.898. The van der Waals surface area contributed by atoms with Crippen LogP contribution in [0.1, 0.15) is 45.8 Å². The lowest BCUT2D eigenvalue weighted by Gasteiger charge is -2.18. The topological polar surface area (TPSA) is 113 Å². The Hall–Kier alpha value is -4.91. The Morgan fingerprint density at radius 1 is 0.610 bits per heavy atom. The molecule has 5 N–H and O–H groups in total. The number of nitrogen functional groups attached to an aromatic ring is 1. The van der Waals surface area contributed by atoms with Gasteiger partial charge in [0.1, 0.15) is 5.92 Å². The third-order valence-corrected chi connectivity index (χ3v) is 6.81. The van der Waals surface area contributed by atoms with Crippen LogP contribution >= 0.6 is 0 Å². The fourth-order valence-corrected chi connectivity index (χ4v) is 4.56. The molecule has 7 heteroatoms.